The lowest BCUT2D eigenvalue weighted by molar-refractivity contribution is 0.235. The number of alkyl halides is 2. The highest BCUT2D eigenvalue weighted by Crippen LogP contribution is 2.26. The fourth-order valence-corrected chi connectivity index (χ4v) is 2.28. The molecular weight excluding hydrogens is 224 g/mol. The average Bonchev–Trinajstić information content (AvgIpc) is 2.61. The smallest absolute Gasteiger partial charge is 0.341 e. The topological polar surface area (TPSA) is 49.9 Å². The molecule has 6 heteroatoms. The summed E-state index contributed by atoms with van der Waals surface area (Å²) in [5.74, 6) is -3.39. The van der Waals surface area contributed by atoms with E-state index in [0.717, 1.165) is 6.20 Å². The fourth-order valence-electron chi connectivity index (χ4n) is 1.38. The number of aromatic nitrogens is 1. The number of sulfone groups is 1. The van der Waals surface area contributed by atoms with Gasteiger partial charge in [0.2, 0.25) is 9.84 Å². The Labute approximate surface area is 84.6 Å². The minimum absolute atomic E-state index is 0.290. The molecule has 1 aromatic carbocycles. The van der Waals surface area contributed by atoms with Gasteiger partial charge in [0.15, 0.2) is 0 Å². The van der Waals surface area contributed by atoms with E-state index in [1.807, 2.05) is 0 Å². The van der Waals surface area contributed by atoms with Crippen molar-refractivity contribution in [1.29, 1.82) is 0 Å². The largest absolute Gasteiger partial charge is 0.360 e. The minimum Gasteiger partial charge on any atom is -0.360 e. The molecule has 0 fully saturated rings. The van der Waals surface area contributed by atoms with Crippen molar-refractivity contribution in [3.8, 4) is 0 Å². The summed E-state index contributed by atoms with van der Waals surface area (Å²) >= 11 is 0. The van der Waals surface area contributed by atoms with E-state index in [1.165, 1.54) is 6.07 Å². The molecule has 1 aromatic heterocycles. The number of benzene rings is 1. The molecule has 0 saturated heterocycles. The normalized spacial score (nSPS) is 12.5. The van der Waals surface area contributed by atoms with Crippen LogP contribution in [0.4, 0.5) is 8.78 Å². The molecule has 2 rings (SSSR count). The van der Waals surface area contributed by atoms with Gasteiger partial charge in [-0.1, -0.05) is 18.2 Å². The third kappa shape index (κ3) is 1.50. The number of nitrogens with one attached hydrogen (secondary N) is 1. The first kappa shape index (κ1) is 10.1. The second-order valence-corrected chi connectivity index (χ2v) is 4.89. The predicted molar refractivity (Wildman–Crippen MR) is 51.5 cm³/mol. The zero-order valence-corrected chi connectivity index (χ0v) is 8.26. The van der Waals surface area contributed by atoms with Gasteiger partial charge >= 0.3 is 5.76 Å². The molecule has 0 radical (unpaired) electrons. The number of hydrogen-bond acceptors (Lipinski definition) is 2. The van der Waals surface area contributed by atoms with Crippen molar-refractivity contribution in [2.45, 2.75) is 10.7 Å². The molecule has 0 spiro atoms. The summed E-state index contributed by atoms with van der Waals surface area (Å²) in [6.45, 7) is 0. The number of aromatic amines is 1. The third-order valence-corrected chi connectivity index (χ3v) is 3.51. The summed E-state index contributed by atoms with van der Waals surface area (Å²) in [4.78, 5) is 2.28. The number of H-pyrrole nitrogens is 1. The van der Waals surface area contributed by atoms with Gasteiger partial charge in [-0.05, 0) is 6.07 Å². The van der Waals surface area contributed by atoms with Crippen LogP contribution in [-0.2, 0) is 9.84 Å². The van der Waals surface area contributed by atoms with Gasteiger partial charge in [-0.25, -0.2) is 8.42 Å². The quantitative estimate of drug-likeness (QED) is 0.861. The summed E-state index contributed by atoms with van der Waals surface area (Å²) in [7, 11) is -4.52. The Hall–Kier alpha value is -1.43. The van der Waals surface area contributed by atoms with Gasteiger partial charge in [0.25, 0.3) is 0 Å². The van der Waals surface area contributed by atoms with Gasteiger partial charge in [-0.3, -0.25) is 0 Å². The van der Waals surface area contributed by atoms with Gasteiger partial charge in [0.05, 0.1) is 4.90 Å². The lowest BCUT2D eigenvalue weighted by Crippen LogP contribution is -2.10. The van der Waals surface area contributed by atoms with Crippen molar-refractivity contribution >= 4 is 20.7 Å². The molecule has 0 atom stereocenters. The Morgan fingerprint density at radius 2 is 1.87 bits per heavy atom. The van der Waals surface area contributed by atoms with Crippen LogP contribution in [0.2, 0.25) is 0 Å². The van der Waals surface area contributed by atoms with Crippen molar-refractivity contribution < 1.29 is 17.2 Å². The highest BCUT2D eigenvalue weighted by Gasteiger charge is 2.28. The highest BCUT2D eigenvalue weighted by molar-refractivity contribution is 7.92. The Kier molecular flexibility index (Phi) is 2.22. The van der Waals surface area contributed by atoms with E-state index < -0.39 is 15.6 Å². The maximum atomic E-state index is 12.3. The zero-order chi connectivity index (χ0) is 11.1. The molecule has 0 unspecified atom stereocenters. The molecule has 0 aliphatic rings. The Morgan fingerprint density at radius 3 is 2.53 bits per heavy atom. The maximum absolute atomic E-state index is 12.3. The second kappa shape index (κ2) is 3.30. The van der Waals surface area contributed by atoms with Crippen LogP contribution in [0, 0.1) is 0 Å². The molecule has 2 aromatic rings. The van der Waals surface area contributed by atoms with Crippen molar-refractivity contribution in [1.82, 2.24) is 4.98 Å². The van der Waals surface area contributed by atoms with Gasteiger partial charge in [0, 0.05) is 17.1 Å². The first-order chi connectivity index (χ1) is 7.03. The Bertz CT molecular complexity index is 589. The van der Waals surface area contributed by atoms with Crippen LogP contribution in [0.1, 0.15) is 0 Å². The summed E-state index contributed by atoms with van der Waals surface area (Å²) in [5.41, 5.74) is 0.525. The van der Waals surface area contributed by atoms with Crippen molar-refractivity contribution in [3.63, 3.8) is 0 Å². The van der Waals surface area contributed by atoms with E-state index in [4.69, 9.17) is 0 Å². The standard InChI is InChI=1S/C9H7F2NO2S/c10-9(11)15(13,14)8-5-12-7-4-2-1-3-6(7)8/h1-5,9,12H. The van der Waals surface area contributed by atoms with E-state index in [0.29, 0.717) is 5.52 Å². The van der Waals surface area contributed by atoms with E-state index in [-0.39, 0.29) is 10.3 Å². The van der Waals surface area contributed by atoms with E-state index in [2.05, 4.69) is 4.98 Å². The third-order valence-electron chi connectivity index (χ3n) is 2.09. The van der Waals surface area contributed by atoms with Crippen molar-refractivity contribution in [2.24, 2.45) is 0 Å². The molecule has 1 N–H and O–H groups in total. The lowest BCUT2D eigenvalue weighted by atomic mass is 10.2. The molecular formula is C9H7F2NO2S. The van der Waals surface area contributed by atoms with Gasteiger partial charge in [-0.15, -0.1) is 0 Å². The van der Waals surface area contributed by atoms with Crippen LogP contribution < -0.4 is 0 Å². The Balaban J connectivity index is 2.74. The highest BCUT2D eigenvalue weighted by atomic mass is 32.2. The van der Waals surface area contributed by atoms with Crippen LogP contribution in [0.25, 0.3) is 10.9 Å². The molecule has 3 nitrogen and oxygen atoms in total. The molecule has 0 amide bonds. The number of fused-ring (bicyclic) bond motifs is 1. The van der Waals surface area contributed by atoms with Crippen LogP contribution in [-0.4, -0.2) is 19.2 Å². The van der Waals surface area contributed by atoms with Crippen LogP contribution in [0.5, 0.6) is 0 Å². The average molecular weight is 231 g/mol. The molecule has 15 heavy (non-hydrogen) atoms. The molecule has 0 saturated carbocycles. The summed E-state index contributed by atoms with van der Waals surface area (Å²) in [6, 6.07) is 6.40. The first-order valence-corrected chi connectivity index (χ1v) is 5.66. The second-order valence-electron chi connectivity index (χ2n) is 3.00. The number of rotatable bonds is 2. The summed E-state index contributed by atoms with van der Waals surface area (Å²) in [5, 5.41) is 0.290. The SMILES string of the molecule is O=S(=O)(c1c[nH]c2ccccc12)C(F)F. The lowest BCUT2D eigenvalue weighted by Gasteiger charge is -2.00. The first-order valence-electron chi connectivity index (χ1n) is 4.11. The molecule has 0 bridgehead atoms. The summed E-state index contributed by atoms with van der Waals surface area (Å²) < 4.78 is 47.1. The van der Waals surface area contributed by atoms with Crippen LogP contribution >= 0.6 is 0 Å². The van der Waals surface area contributed by atoms with Gasteiger partial charge in [-0.2, -0.15) is 8.78 Å². The minimum atomic E-state index is -4.52. The monoisotopic (exact) mass is 231 g/mol. The van der Waals surface area contributed by atoms with E-state index >= 15 is 0 Å². The molecule has 0 aliphatic carbocycles. The van der Waals surface area contributed by atoms with Crippen molar-refractivity contribution in [2.75, 3.05) is 0 Å². The maximum Gasteiger partial charge on any atom is 0.341 e. The van der Waals surface area contributed by atoms with Crippen molar-refractivity contribution in [3.05, 3.63) is 30.5 Å². The zero-order valence-electron chi connectivity index (χ0n) is 7.44. The number of hydrogen-bond donors (Lipinski definition) is 1. The van der Waals surface area contributed by atoms with Gasteiger partial charge < -0.3 is 4.98 Å². The van der Waals surface area contributed by atoms with E-state index in [1.54, 1.807) is 18.2 Å². The molecule has 1 heterocycles. The summed E-state index contributed by atoms with van der Waals surface area (Å²) in [6.07, 6.45) is 1.09. The molecule has 0 aliphatic heterocycles. The molecule has 80 valence electrons. The fraction of sp³-hybridized carbons (Fsp3) is 0.111. The predicted octanol–water partition coefficient (Wildman–Crippen LogP) is 2.16. The van der Waals surface area contributed by atoms with Gasteiger partial charge in [0.1, 0.15) is 0 Å². The Morgan fingerprint density at radius 1 is 1.20 bits per heavy atom. The van der Waals surface area contributed by atoms with E-state index in [9.17, 15) is 17.2 Å². The van der Waals surface area contributed by atoms with Crippen LogP contribution in [0.3, 0.4) is 0 Å². The number of halogens is 2. The van der Waals surface area contributed by atoms with Crippen LogP contribution in [0.15, 0.2) is 35.4 Å². The number of para-hydroxylation sites is 1.